The van der Waals surface area contributed by atoms with E-state index in [2.05, 4.69) is 57.1 Å². The van der Waals surface area contributed by atoms with Gasteiger partial charge in [-0.05, 0) is 37.8 Å². The van der Waals surface area contributed by atoms with Crippen LogP contribution in [0.5, 0.6) is 0 Å². The average molecular weight is 448 g/mol. The Kier molecular flexibility index (Phi) is 10.7. The highest BCUT2D eigenvalue weighted by atomic mass is 127. The highest BCUT2D eigenvalue weighted by Gasteiger charge is 2.23. The van der Waals surface area contributed by atoms with E-state index in [-0.39, 0.29) is 24.0 Å². The summed E-state index contributed by atoms with van der Waals surface area (Å²) in [7, 11) is 1.84. The van der Waals surface area contributed by atoms with Crippen LogP contribution in [0.1, 0.15) is 24.4 Å². The third-order valence-electron chi connectivity index (χ3n) is 4.05. The Labute approximate surface area is 161 Å². The maximum absolute atomic E-state index is 4.32. The van der Waals surface area contributed by atoms with Gasteiger partial charge in [0.2, 0.25) is 0 Å². The molecular formula is C17H29IN4S. The first-order chi connectivity index (χ1) is 10.8. The van der Waals surface area contributed by atoms with E-state index in [9.17, 15) is 0 Å². The Morgan fingerprint density at radius 3 is 2.52 bits per heavy atom. The zero-order valence-corrected chi connectivity index (χ0v) is 17.3. The number of hydrogen-bond acceptors (Lipinski definition) is 3. The number of benzene rings is 1. The topological polar surface area (TPSA) is 39.7 Å². The molecule has 4 nitrogen and oxygen atoms in total. The summed E-state index contributed by atoms with van der Waals surface area (Å²) in [4.78, 5) is 6.90. The molecule has 1 aromatic rings. The summed E-state index contributed by atoms with van der Waals surface area (Å²) in [5.74, 6) is 1.99. The Balaban J connectivity index is 0.00000264. The number of guanidine groups is 1. The number of hydrogen-bond donors (Lipinski definition) is 2. The number of nitrogens with one attached hydrogen (secondary N) is 2. The normalized spacial score (nSPS) is 16.7. The number of nitrogens with zero attached hydrogens (tertiary/aromatic N) is 2. The maximum atomic E-state index is 4.32. The van der Waals surface area contributed by atoms with Crippen molar-refractivity contribution in [2.75, 3.05) is 45.2 Å². The van der Waals surface area contributed by atoms with Crippen molar-refractivity contribution in [3.05, 3.63) is 35.9 Å². The van der Waals surface area contributed by atoms with Crippen LogP contribution in [-0.2, 0) is 0 Å². The quantitative estimate of drug-likeness (QED) is 0.291. The number of rotatable bonds is 7. The van der Waals surface area contributed by atoms with Crippen LogP contribution in [0.4, 0.5) is 0 Å². The summed E-state index contributed by atoms with van der Waals surface area (Å²) >= 11 is 1.84. The van der Waals surface area contributed by atoms with E-state index < -0.39 is 0 Å². The molecule has 23 heavy (non-hydrogen) atoms. The first-order valence-corrected chi connectivity index (χ1v) is 9.47. The second-order valence-electron chi connectivity index (χ2n) is 5.54. The van der Waals surface area contributed by atoms with Crippen molar-refractivity contribution in [3.8, 4) is 0 Å². The minimum absolute atomic E-state index is 0. The van der Waals surface area contributed by atoms with E-state index in [0.717, 1.165) is 24.8 Å². The first kappa shape index (κ1) is 20.6. The molecule has 0 aliphatic carbocycles. The van der Waals surface area contributed by atoms with E-state index in [0.29, 0.717) is 6.04 Å². The van der Waals surface area contributed by atoms with Crippen molar-refractivity contribution in [2.24, 2.45) is 4.99 Å². The van der Waals surface area contributed by atoms with Crippen molar-refractivity contribution < 1.29 is 0 Å². The SMILES string of the molecule is CN=C(NCCSC)NCC(c1ccccc1)N1CCCC1.I. The van der Waals surface area contributed by atoms with Crippen LogP contribution in [0.3, 0.4) is 0 Å². The molecule has 1 aliphatic rings. The minimum atomic E-state index is 0. The van der Waals surface area contributed by atoms with Crippen LogP contribution < -0.4 is 10.6 Å². The van der Waals surface area contributed by atoms with E-state index in [4.69, 9.17) is 0 Å². The van der Waals surface area contributed by atoms with Crippen LogP contribution in [0.2, 0.25) is 0 Å². The minimum Gasteiger partial charge on any atom is -0.356 e. The van der Waals surface area contributed by atoms with Crippen molar-refractivity contribution in [1.29, 1.82) is 0 Å². The van der Waals surface area contributed by atoms with Gasteiger partial charge in [0.1, 0.15) is 0 Å². The Morgan fingerprint density at radius 2 is 1.91 bits per heavy atom. The zero-order valence-electron chi connectivity index (χ0n) is 14.1. The number of thioether (sulfide) groups is 1. The lowest BCUT2D eigenvalue weighted by molar-refractivity contribution is 0.245. The van der Waals surface area contributed by atoms with Gasteiger partial charge < -0.3 is 10.6 Å². The molecule has 0 radical (unpaired) electrons. The summed E-state index contributed by atoms with van der Waals surface area (Å²) in [6.45, 7) is 4.23. The van der Waals surface area contributed by atoms with E-state index in [1.807, 2.05) is 18.8 Å². The van der Waals surface area contributed by atoms with Gasteiger partial charge in [-0.3, -0.25) is 9.89 Å². The molecule has 0 aromatic heterocycles. The second-order valence-corrected chi connectivity index (χ2v) is 6.53. The number of aliphatic imine (C=N–C) groups is 1. The highest BCUT2D eigenvalue weighted by Crippen LogP contribution is 2.24. The van der Waals surface area contributed by atoms with Crippen molar-refractivity contribution in [1.82, 2.24) is 15.5 Å². The number of likely N-dealkylation sites (tertiary alicyclic amines) is 1. The van der Waals surface area contributed by atoms with E-state index in [1.54, 1.807) is 0 Å². The van der Waals surface area contributed by atoms with Crippen LogP contribution in [-0.4, -0.2) is 56.1 Å². The lowest BCUT2D eigenvalue weighted by atomic mass is 10.1. The zero-order chi connectivity index (χ0) is 15.6. The van der Waals surface area contributed by atoms with Gasteiger partial charge in [0.05, 0.1) is 6.04 Å². The molecule has 0 bridgehead atoms. The van der Waals surface area contributed by atoms with Crippen molar-refractivity contribution >= 4 is 41.7 Å². The molecule has 1 aromatic carbocycles. The molecule has 1 aliphatic heterocycles. The molecule has 0 saturated carbocycles. The fourth-order valence-electron chi connectivity index (χ4n) is 2.87. The third kappa shape index (κ3) is 6.89. The van der Waals surface area contributed by atoms with Gasteiger partial charge in [-0.1, -0.05) is 30.3 Å². The van der Waals surface area contributed by atoms with Gasteiger partial charge in [0, 0.05) is 25.9 Å². The van der Waals surface area contributed by atoms with Gasteiger partial charge in [-0.15, -0.1) is 24.0 Å². The van der Waals surface area contributed by atoms with Gasteiger partial charge >= 0.3 is 0 Å². The molecule has 1 heterocycles. The first-order valence-electron chi connectivity index (χ1n) is 8.07. The second kappa shape index (κ2) is 12.0. The molecule has 1 atom stereocenters. The maximum Gasteiger partial charge on any atom is 0.191 e. The standard InChI is InChI=1S/C17H28N4S.HI/c1-18-17(19-10-13-22-2)20-14-16(21-11-6-7-12-21)15-8-4-3-5-9-15;/h3-5,8-9,16H,6-7,10-14H2,1-2H3,(H2,18,19,20);1H. The Morgan fingerprint density at radius 1 is 1.22 bits per heavy atom. The van der Waals surface area contributed by atoms with E-state index >= 15 is 0 Å². The monoisotopic (exact) mass is 448 g/mol. The van der Waals surface area contributed by atoms with Crippen LogP contribution in [0.25, 0.3) is 0 Å². The third-order valence-corrected chi connectivity index (χ3v) is 4.66. The average Bonchev–Trinajstić information content (AvgIpc) is 3.09. The largest absolute Gasteiger partial charge is 0.356 e. The molecule has 0 amide bonds. The molecule has 1 saturated heterocycles. The van der Waals surface area contributed by atoms with Crippen LogP contribution in [0.15, 0.2) is 35.3 Å². The van der Waals surface area contributed by atoms with Crippen molar-refractivity contribution in [3.63, 3.8) is 0 Å². The summed E-state index contributed by atoms with van der Waals surface area (Å²) in [6, 6.07) is 11.2. The fourth-order valence-corrected chi connectivity index (χ4v) is 3.18. The lowest BCUT2D eigenvalue weighted by Crippen LogP contribution is -2.43. The van der Waals surface area contributed by atoms with Gasteiger partial charge in [0.25, 0.3) is 0 Å². The Bertz CT molecular complexity index is 449. The fraction of sp³-hybridized carbons (Fsp3) is 0.588. The summed E-state index contributed by atoms with van der Waals surface area (Å²) in [6.07, 6.45) is 4.74. The Hall–Kier alpha value is -0.470. The summed E-state index contributed by atoms with van der Waals surface area (Å²) in [5, 5.41) is 6.86. The molecule has 6 heteroatoms. The molecule has 130 valence electrons. The van der Waals surface area contributed by atoms with Crippen LogP contribution in [0, 0.1) is 0 Å². The smallest absolute Gasteiger partial charge is 0.191 e. The lowest BCUT2D eigenvalue weighted by Gasteiger charge is -2.29. The molecule has 0 spiro atoms. The van der Waals surface area contributed by atoms with Crippen LogP contribution >= 0.6 is 35.7 Å². The number of halogens is 1. The van der Waals surface area contributed by atoms with Crippen molar-refractivity contribution in [2.45, 2.75) is 18.9 Å². The molecular weight excluding hydrogens is 419 g/mol. The van der Waals surface area contributed by atoms with Gasteiger partial charge in [-0.2, -0.15) is 11.8 Å². The molecule has 1 fully saturated rings. The predicted molar refractivity (Wildman–Crippen MR) is 113 cm³/mol. The van der Waals surface area contributed by atoms with Gasteiger partial charge in [-0.25, -0.2) is 0 Å². The molecule has 2 N–H and O–H groups in total. The summed E-state index contributed by atoms with van der Waals surface area (Å²) in [5.41, 5.74) is 1.39. The molecule has 1 unspecified atom stereocenters. The predicted octanol–water partition coefficient (Wildman–Crippen LogP) is 2.97. The highest BCUT2D eigenvalue weighted by molar-refractivity contribution is 14.0. The van der Waals surface area contributed by atoms with Gasteiger partial charge in [0.15, 0.2) is 5.96 Å². The summed E-state index contributed by atoms with van der Waals surface area (Å²) < 4.78 is 0. The van der Waals surface area contributed by atoms with E-state index in [1.165, 1.54) is 31.5 Å². The molecule has 2 rings (SSSR count).